The Hall–Kier alpha value is -2.12. The lowest BCUT2D eigenvalue weighted by Crippen LogP contribution is -2.42. The lowest BCUT2D eigenvalue weighted by atomic mass is 9.81. The number of hydrogen-bond acceptors (Lipinski definition) is 5. The van der Waals surface area contributed by atoms with Crippen LogP contribution in [0.3, 0.4) is 0 Å². The minimum Gasteiger partial charge on any atom is -0.493 e. The molecule has 0 radical (unpaired) electrons. The average Bonchev–Trinajstić information content (AvgIpc) is 2.64. The topological polar surface area (TPSA) is 73.6 Å². The summed E-state index contributed by atoms with van der Waals surface area (Å²) in [5.41, 5.74) is 2.02. The number of benzene rings is 2. The Labute approximate surface area is 187 Å². The van der Waals surface area contributed by atoms with Crippen molar-refractivity contribution in [3.63, 3.8) is 0 Å². The minimum absolute atomic E-state index is 0.0591. The molecule has 0 spiro atoms. The first-order chi connectivity index (χ1) is 13.9. The number of nitro groups is 1. The largest absolute Gasteiger partial charge is 0.493 e. The number of ether oxygens (including phenoxy) is 2. The summed E-state index contributed by atoms with van der Waals surface area (Å²) in [5, 5.41) is 14.5. The highest BCUT2D eigenvalue weighted by Gasteiger charge is 2.26. The van der Waals surface area contributed by atoms with Crippen molar-refractivity contribution in [2.24, 2.45) is 5.41 Å². The third kappa shape index (κ3) is 6.99. The van der Waals surface area contributed by atoms with E-state index < -0.39 is 4.92 Å². The lowest BCUT2D eigenvalue weighted by Gasteiger charge is -2.34. The second kappa shape index (κ2) is 9.79. The summed E-state index contributed by atoms with van der Waals surface area (Å²) in [5.74, 6) is 1.30. The van der Waals surface area contributed by atoms with Gasteiger partial charge in [-0.15, -0.1) is 0 Å². The number of halogens is 1. The van der Waals surface area contributed by atoms with Gasteiger partial charge in [0.15, 0.2) is 11.5 Å². The second-order valence-corrected chi connectivity index (χ2v) is 10.1. The Bertz CT molecular complexity index is 874. The van der Waals surface area contributed by atoms with Crippen LogP contribution in [0.1, 0.15) is 52.2 Å². The van der Waals surface area contributed by atoms with Gasteiger partial charge in [-0.3, -0.25) is 10.1 Å². The van der Waals surface area contributed by atoms with Gasteiger partial charge in [0.2, 0.25) is 0 Å². The van der Waals surface area contributed by atoms with Crippen LogP contribution in [0, 0.1) is 15.5 Å². The molecule has 2 rings (SSSR count). The Kier molecular flexibility index (Phi) is 7.88. The zero-order chi connectivity index (χ0) is 22.5. The van der Waals surface area contributed by atoms with Crippen molar-refractivity contribution in [1.29, 1.82) is 0 Å². The third-order valence-electron chi connectivity index (χ3n) is 4.63. The van der Waals surface area contributed by atoms with E-state index in [0.29, 0.717) is 18.0 Å². The predicted octanol–water partition coefficient (Wildman–Crippen LogP) is 6.25. The van der Waals surface area contributed by atoms with Crippen LogP contribution in [0.25, 0.3) is 0 Å². The molecule has 30 heavy (non-hydrogen) atoms. The maximum absolute atomic E-state index is 10.8. The fraction of sp³-hybridized carbons (Fsp3) is 0.478. The molecule has 2 aromatic carbocycles. The lowest BCUT2D eigenvalue weighted by molar-refractivity contribution is -0.384. The first-order valence-corrected chi connectivity index (χ1v) is 10.7. The molecule has 7 heteroatoms. The number of hydrogen-bond donors (Lipinski definition) is 1. The van der Waals surface area contributed by atoms with E-state index in [2.05, 4.69) is 55.9 Å². The van der Waals surface area contributed by atoms with E-state index in [1.165, 1.54) is 12.1 Å². The number of methoxy groups -OCH3 is 1. The van der Waals surface area contributed by atoms with Gasteiger partial charge in [-0.25, -0.2) is 0 Å². The number of nitrogens with one attached hydrogen (secondary N) is 1. The molecule has 0 aromatic heterocycles. The summed E-state index contributed by atoms with van der Waals surface area (Å²) in [4.78, 5) is 10.4. The number of nitrogens with zero attached hydrogens (tertiary/aromatic N) is 1. The normalized spacial score (nSPS) is 12.0. The summed E-state index contributed by atoms with van der Waals surface area (Å²) in [7, 11) is 1.61. The van der Waals surface area contributed by atoms with Gasteiger partial charge in [0.1, 0.15) is 6.61 Å². The Morgan fingerprint density at radius 1 is 1.07 bits per heavy atom. The predicted molar refractivity (Wildman–Crippen MR) is 123 cm³/mol. The van der Waals surface area contributed by atoms with Gasteiger partial charge in [0, 0.05) is 34.3 Å². The van der Waals surface area contributed by atoms with Crippen LogP contribution in [0.2, 0.25) is 0 Å². The van der Waals surface area contributed by atoms with E-state index in [9.17, 15) is 10.1 Å². The van der Waals surface area contributed by atoms with E-state index >= 15 is 0 Å². The van der Waals surface area contributed by atoms with E-state index in [1.807, 2.05) is 12.1 Å². The van der Waals surface area contributed by atoms with Crippen molar-refractivity contribution in [3.05, 3.63) is 62.1 Å². The van der Waals surface area contributed by atoms with Gasteiger partial charge < -0.3 is 14.8 Å². The number of nitro benzene ring substituents is 1. The summed E-state index contributed by atoms with van der Waals surface area (Å²) < 4.78 is 12.6. The number of rotatable bonds is 9. The van der Waals surface area contributed by atoms with Crippen LogP contribution in [0.15, 0.2) is 40.9 Å². The third-order valence-corrected chi connectivity index (χ3v) is 5.38. The van der Waals surface area contributed by atoms with Gasteiger partial charge in [0.25, 0.3) is 5.69 Å². The van der Waals surface area contributed by atoms with Crippen molar-refractivity contribution >= 4 is 21.6 Å². The highest BCUT2D eigenvalue weighted by molar-refractivity contribution is 9.10. The van der Waals surface area contributed by atoms with E-state index in [4.69, 9.17) is 9.47 Å². The molecule has 0 fully saturated rings. The maximum atomic E-state index is 10.8. The molecule has 164 valence electrons. The Balaban J connectivity index is 2.21. The van der Waals surface area contributed by atoms with Crippen LogP contribution in [-0.4, -0.2) is 17.6 Å². The van der Waals surface area contributed by atoms with Crippen molar-refractivity contribution in [2.75, 3.05) is 7.11 Å². The fourth-order valence-electron chi connectivity index (χ4n) is 3.65. The molecule has 0 aliphatic carbocycles. The Morgan fingerprint density at radius 3 is 2.23 bits per heavy atom. The van der Waals surface area contributed by atoms with Gasteiger partial charge in [-0.05, 0) is 55.5 Å². The van der Waals surface area contributed by atoms with Crippen molar-refractivity contribution in [2.45, 2.75) is 59.7 Å². The first kappa shape index (κ1) is 24.2. The molecule has 0 aliphatic rings. The molecular weight excluding hydrogens is 448 g/mol. The van der Waals surface area contributed by atoms with E-state index in [0.717, 1.165) is 22.0 Å². The zero-order valence-electron chi connectivity index (χ0n) is 18.5. The molecule has 0 saturated carbocycles. The summed E-state index contributed by atoms with van der Waals surface area (Å²) >= 11 is 3.64. The molecular formula is C23H31BrN2O4. The van der Waals surface area contributed by atoms with Gasteiger partial charge >= 0.3 is 0 Å². The molecule has 0 amide bonds. The fourth-order valence-corrected chi connectivity index (χ4v) is 4.10. The molecule has 0 bridgehead atoms. The second-order valence-electron chi connectivity index (χ2n) is 9.24. The standard InChI is InChI=1S/C23H31BrN2O4/c1-22(2,3)15-23(4,5)25-13-18-19(24)11-12-20(29-6)21(18)30-14-16-7-9-17(10-8-16)26(27)28/h7-12,25H,13-15H2,1-6H3. The molecule has 1 N–H and O–H groups in total. The molecule has 0 heterocycles. The quantitative estimate of drug-likeness (QED) is 0.340. The SMILES string of the molecule is COc1ccc(Br)c(CNC(C)(C)CC(C)(C)C)c1OCc1ccc([N+](=O)[O-])cc1. The summed E-state index contributed by atoms with van der Waals surface area (Å²) in [6, 6.07) is 10.2. The van der Waals surface area contributed by atoms with Crippen molar-refractivity contribution < 1.29 is 14.4 Å². The maximum Gasteiger partial charge on any atom is 0.269 e. The van der Waals surface area contributed by atoms with Crippen LogP contribution >= 0.6 is 15.9 Å². The molecule has 0 aliphatic heterocycles. The monoisotopic (exact) mass is 478 g/mol. The van der Waals surface area contributed by atoms with E-state index in [-0.39, 0.29) is 23.2 Å². The number of non-ortho nitro benzene ring substituents is 1. The summed E-state index contributed by atoms with van der Waals surface area (Å²) in [6.07, 6.45) is 1.01. The van der Waals surface area contributed by atoms with Crippen molar-refractivity contribution in [1.82, 2.24) is 5.32 Å². The molecule has 0 unspecified atom stereocenters. The van der Waals surface area contributed by atoms with E-state index in [1.54, 1.807) is 19.2 Å². The van der Waals surface area contributed by atoms with Gasteiger partial charge in [0.05, 0.1) is 12.0 Å². The van der Waals surface area contributed by atoms with Crippen LogP contribution in [-0.2, 0) is 13.2 Å². The highest BCUT2D eigenvalue weighted by atomic mass is 79.9. The molecule has 0 atom stereocenters. The molecule has 6 nitrogen and oxygen atoms in total. The van der Waals surface area contributed by atoms with Gasteiger partial charge in [-0.2, -0.15) is 0 Å². The Morgan fingerprint density at radius 2 is 1.70 bits per heavy atom. The van der Waals surface area contributed by atoms with Crippen LogP contribution < -0.4 is 14.8 Å². The minimum atomic E-state index is -0.412. The van der Waals surface area contributed by atoms with Crippen molar-refractivity contribution in [3.8, 4) is 11.5 Å². The molecule has 2 aromatic rings. The zero-order valence-corrected chi connectivity index (χ0v) is 20.1. The van der Waals surface area contributed by atoms with Crippen LogP contribution in [0.5, 0.6) is 11.5 Å². The molecule has 0 saturated heterocycles. The first-order valence-electron chi connectivity index (χ1n) is 9.88. The van der Waals surface area contributed by atoms with Gasteiger partial charge in [-0.1, -0.05) is 36.7 Å². The average molecular weight is 479 g/mol. The highest BCUT2D eigenvalue weighted by Crippen LogP contribution is 2.37. The smallest absolute Gasteiger partial charge is 0.269 e. The van der Waals surface area contributed by atoms with Crippen LogP contribution in [0.4, 0.5) is 5.69 Å². The summed E-state index contributed by atoms with van der Waals surface area (Å²) in [6.45, 7) is 12.0.